The van der Waals surface area contributed by atoms with Gasteiger partial charge in [-0.25, -0.2) is 15.0 Å². The first-order chi connectivity index (χ1) is 17.7. The zero-order chi connectivity index (χ0) is 26.4. The molecule has 0 saturated heterocycles. The van der Waals surface area contributed by atoms with E-state index in [0.29, 0.717) is 41.4 Å². The number of rotatable bonds is 8. The molecule has 3 N–H and O–H groups in total. The van der Waals surface area contributed by atoms with Crippen LogP contribution in [0.1, 0.15) is 24.0 Å². The molecule has 1 aliphatic rings. The molecule has 0 aliphatic carbocycles. The number of hydrogen-bond acceptors (Lipinski definition) is 7. The lowest BCUT2D eigenvalue weighted by Crippen LogP contribution is -2.26. The molecular weight excluding hydrogens is 511 g/mol. The molecule has 3 aromatic rings. The quantitative estimate of drug-likeness (QED) is 0.323. The Bertz CT molecular complexity index is 1360. The topological polar surface area (TPSA) is 109 Å². The van der Waals surface area contributed by atoms with Crippen LogP contribution in [0.25, 0.3) is 6.08 Å². The van der Waals surface area contributed by atoms with E-state index >= 15 is 0 Å². The number of ether oxygens (including phenoxy) is 1. The highest BCUT2D eigenvalue weighted by atomic mass is 35.5. The van der Waals surface area contributed by atoms with Gasteiger partial charge in [-0.2, -0.15) is 13.2 Å². The van der Waals surface area contributed by atoms with Gasteiger partial charge in [0, 0.05) is 37.0 Å². The number of amides is 1. The summed E-state index contributed by atoms with van der Waals surface area (Å²) >= 11 is 6.34. The highest BCUT2D eigenvalue weighted by Gasteiger charge is 2.30. The molecular formula is C25H21ClF3N5O3. The van der Waals surface area contributed by atoms with Crippen LogP contribution in [0, 0.1) is 0 Å². The standard InChI is InChI=1S/C25H21ClF3N5O3/c26-20-13-17(5-6-21(20)37-18-4-1-3-16(12-18)25(27,28)29)34-23-19-11-15(24(36)31-8-2-10-35)7-9-30-22(19)32-14-33-23/h1,3-6,9,11-14,35H,2,7-8,10H2,(H,31,36)(H,32,33,34). The Morgan fingerprint density at radius 2 is 2.00 bits per heavy atom. The van der Waals surface area contributed by atoms with Crippen LogP contribution in [0.2, 0.25) is 5.02 Å². The predicted molar refractivity (Wildman–Crippen MR) is 134 cm³/mol. The summed E-state index contributed by atoms with van der Waals surface area (Å²) in [7, 11) is 0. The first-order valence-corrected chi connectivity index (χ1v) is 11.5. The number of fused-ring (bicyclic) bond motifs is 1. The molecule has 4 rings (SSSR count). The number of aliphatic hydroxyl groups is 1. The lowest BCUT2D eigenvalue weighted by molar-refractivity contribution is -0.137. The predicted octanol–water partition coefficient (Wildman–Crippen LogP) is 5.67. The maximum Gasteiger partial charge on any atom is 0.416 e. The van der Waals surface area contributed by atoms with Gasteiger partial charge in [0.2, 0.25) is 5.91 Å². The Hall–Kier alpha value is -3.96. The van der Waals surface area contributed by atoms with Gasteiger partial charge >= 0.3 is 6.18 Å². The molecule has 8 nitrogen and oxygen atoms in total. The molecule has 1 aliphatic heterocycles. The van der Waals surface area contributed by atoms with Gasteiger partial charge in [0.15, 0.2) is 5.82 Å². The van der Waals surface area contributed by atoms with Gasteiger partial charge in [-0.1, -0.05) is 17.7 Å². The van der Waals surface area contributed by atoms with Crippen LogP contribution in [0.5, 0.6) is 11.5 Å². The lowest BCUT2D eigenvalue weighted by Gasteiger charge is -2.13. The van der Waals surface area contributed by atoms with E-state index in [4.69, 9.17) is 21.4 Å². The van der Waals surface area contributed by atoms with Crippen molar-refractivity contribution >= 4 is 47.1 Å². The van der Waals surface area contributed by atoms with Crippen LogP contribution in [0.4, 0.5) is 30.5 Å². The number of aromatic nitrogens is 2. The van der Waals surface area contributed by atoms with Crippen molar-refractivity contribution in [1.82, 2.24) is 15.3 Å². The second-order valence-corrected chi connectivity index (χ2v) is 8.28. The van der Waals surface area contributed by atoms with E-state index in [-0.39, 0.29) is 35.5 Å². The van der Waals surface area contributed by atoms with Crippen molar-refractivity contribution in [2.45, 2.75) is 19.0 Å². The van der Waals surface area contributed by atoms with Crippen LogP contribution < -0.4 is 15.4 Å². The Morgan fingerprint density at radius 1 is 1.16 bits per heavy atom. The highest BCUT2D eigenvalue weighted by molar-refractivity contribution is 6.32. The molecule has 0 bridgehead atoms. The van der Waals surface area contributed by atoms with Crippen molar-refractivity contribution in [3.05, 3.63) is 70.5 Å². The number of alkyl halides is 3. The number of benzene rings is 2. The second kappa shape index (κ2) is 11.4. The molecule has 2 heterocycles. The maximum absolute atomic E-state index is 13.0. The van der Waals surface area contributed by atoms with Crippen LogP contribution in [-0.4, -0.2) is 40.3 Å². The third-order valence-corrected chi connectivity index (χ3v) is 5.50. The summed E-state index contributed by atoms with van der Waals surface area (Å²) in [5.41, 5.74) is 0.615. The van der Waals surface area contributed by atoms with E-state index in [1.54, 1.807) is 18.4 Å². The number of aliphatic imine (C=N–C) groups is 1. The number of halogens is 4. The largest absolute Gasteiger partial charge is 0.456 e. The molecule has 37 heavy (non-hydrogen) atoms. The molecule has 2 aromatic carbocycles. The fraction of sp³-hybridized carbons (Fsp3) is 0.200. The zero-order valence-corrected chi connectivity index (χ0v) is 20.0. The molecule has 192 valence electrons. The minimum absolute atomic E-state index is 0.00801. The summed E-state index contributed by atoms with van der Waals surface area (Å²) in [5, 5.41) is 14.9. The molecule has 12 heteroatoms. The number of aliphatic hydroxyl groups excluding tert-OH is 1. The molecule has 1 aromatic heterocycles. The lowest BCUT2D eigenvalue weighted by atomic mass is 10.1. The molecule has 0 spiro atoms. The Labute approximate surface area is 214 Å². The average Bonchev–Trinajstić information content (AvgIpc) is 3.09. The minimum Gasteiger partial charge on any atom is -0.456 e. The third kappa shape index (κ3) is 6.63. The van der Waals surface area contributed by atoms with Gasteiger partial charge in [-0.05, 0) is 48.9 Å². The number of anilines is 2. The molecule has 0 saturated carbocycles. The molecule has 0 fully saturated rings. The van der Waals surface area contributed by atoms with Crippen LogP contribution in [0.15, 0.2) is 59.4 Å². The number of carbonyl (C=O) groups excluding carboxylic acids is 1. The summed E-state index contributed by atoms with van der Waals surface area (Å²) < 4.78 is 44.5. The summed E-state index contributed by atoms with van der Waals surface area (Å²) in [5.74, 6) is 0.603. The Kier molecular flexibility index (Phi) is 8.04. The van der Waals surface area contributed by atoms with E-state index in [1.807, 2.05) is 0 Å². The van der Waals surface area contributed by atoms with Crippen LogP contribution in [-0.2, 0) is 11.0 Å². The summed E-state index contributed by atoms with van der Waals surface area (Å²) in [4.78, 5) is 25.3. The van der Waals surface area contributed by atoms with Crippen molar-refractivity contribution in [2.24, 2.45) is 4.99 Å². The van der Waals surface area contributed by atoms with Crippen molar-refractivity contribution in [1.29, 1.82) is 0 Å². The third-order valence-electron chi connectivity index (χ3n) is 5.20. The van der Waals surface area contributed by atoms with Gasteiger partial charge in [-0.3, -0.25) is 4.79 Å². The van der Waals surface area contributed by atoms with Crippen molar-refractivity contribution in [2.75, 3.05) is 18.5 Å². The number of nitrogens with zero attached hydrogens (tertiary/aromatic N) is 3. The monoisotopic (exact) mass is 531 g/mol. The summed E-state index contributed by atoms with van der Waals surface area (Å²) in [6, 6.07) is 9.16. The Morgan fingerprint density at radius 3 is 2.76 bits per heavy atom. The SMILES string of the molecule is O=C(NCCCO)C1=Cc2c(ncnc2Nc2ccc(Oc3cccc(C(F)(F)F)c3)c(Cl)c2)N=CC1. The summed E-state index contributed by atoms with van der Waals surface area (Å²) in [6.45, 7) is 0.304. The molecule has 1 amide bonds. The fourth-order valence-corrected chi connectivity index (χ4v) is 3.62. The molecule has 0 atom stereocenters. The van der Waals surface area contributed by atoms with Crippen LogP contribution >= 0.6 is 11.6 Å². The minimum atomic E-state index is -4.50. The van der Waals surface area contributed by atoms with Gasteiger partial charge in [0.05, 0.1) is 16.1 Å². The van der Waals surface area contributed by atoms with E-state index in [0.717, 1.165) is 12.1 Å². The smallest absolute Gasteiger partial charge is 0.416 e. The van der Waals surface area contributed by atoms with E-state index in [2.05, 4.69) is 25.6 Å². The van der Waals surface area contributed by atoms with Gasteiger partial charge in [0.1, 0.15) is 23.6 Å². The van der Waals surface area contributed by atoms with Crippen molar-refractivity contribution in [3.8, 4) is 11.5 Å². The number of carbonyl (C=O) groups is 1. The van der Waals surface area contributed by atoms with E-state index in [9.17, 15) is 18.0 Å². The molecule has 0 unspecified atom stereocenters. The van der Waals surface area contributed by atoms with E-state index < -0.39 is 11.7 Å². The summed E-state index contributed by atoms with van der Waals surface area (Å²) in [6.07, 6.45) is 0.779. The first kappa shape index (κ1) is 26.1. The van der Waals surface area contributed by atoms with Crippen molar-refractivity contribution < 1.29 is 27.8 Å². The maximum atomic E-state index is 13.0. The second-order valence-electron chi connectivity index (χ2n) is 7.88. The van der Waals surface area contributed by atoms with Gasteiger partial charge in [-0.15, -0.1) is 0 Å². The first-order valence-electron chi connectivity index (χ1n) is 11.1. The number of hydrogen-bond donors (Lipinski definition) is 3. The van der Waals surface area contributed by atoms with Crippen molar-refractivity contribution in [3.63, 3.8) is 0 Å². The number of nitrogens with one attached hydrogen (secondary N) is 2. The normalized spacial score (nSPS) is 12.8. The van der Waals surface area contributed by atoms with Gasteiger partial charge in [0.25, 0.3) is 0 Å². The molecule has 0 radical (unpaired) electrons. The fourth-order valence-electron chi connectivity index (χ4n) is 3.40. The zero-order valence-electron chi connectivity index (χ0n) is 19.2. The van der Waals surface area contributed by atoms with Crippen LogP contribution in [0.3, 0.4) is 0 Å². The average molecular weight is 532 g/mol. The van der Waals surface area contributed by atoms with E-state index in [1.165, 1.54) is 30.6 Å². The Balaban J connectivity index is 1.55. The highest BCUT2D eigenvalue weighted by Crippen LogP contribution is 2.36. The van der Waals surface area contributed by atoms with Gasteiger partial charge < -0.3 is 20.5 Å².